The third kappa shape index (κ3) is 3.76. The molecule has 2 rings (SSSR count). The molecular formula is C17H25NO3. The van der Waals surface area contributed by atoms with Gasteiger partial charge in [-0.25, -0.2) is 4.79 Å². The van der Waals surface area contributed by atoms with Gasteiger partial charge in [0.05, 0.1) is 7.11 Å². The molecular weight excluding hydrogens is 266 g/mol. The van der Waals surface area contributed by atoms with Crippen molar-refractivity contribution in [2.24, 2.45) is 5.92 Å². The van der Waals surface area contributed by atoms with Gasteiger partial charge in [-0.05, 0) is 51.7 Å². The van der Waals surface area contributed by atoms with Gasteiger partial charge in [-0.2, -0.15) is 0 Å². The van der Waals surface area contributed by atoms with Crippen LogP contribution < -0.4 is 10.1 Å². The Morgan fingerprint density at radius 2 is 1.95 bits per heavy atom. The molecule has 1 aliphatic carbocycles. The van der Waals surface area contributed by atoms with Crippen molar-refractivity contribution in [2.75, 3.05) is 13.7 Å². The maximum atomic E-state index is 12.4. The summed E-state index contributed by atoms with van der Waals surface area (Å²) < 4.78 is 10.9. The normalized spacial score (nSPS) is 17.4. The molecule has 4 heteroatoms. The molecule has 0 heterocycles. The molecule has 0 amide bonds. The Morgan fingerprint density at radius 3 is 2.43 bits per heavy atom. The van der Waals surface area contributed by atoms with Crippen LogP contribution >= 0.6 is 0 Å². The Bertz CT molecular complexity index is 479. The van der Waals surface area contributed by atoms with E-state index in [9.17, 15) is 4.79 Å². The lowest BCUT2D eigenvalue weighted by molar-refractivity contribution is -0.151. The van der Waals surface area contributed by atoms with Crippen LogP contribution in [0.1, 0.15) is 32.3 Å². The summed E-state index contributed by atoms with van der Waals surface area (Å²) in [5, 5.41) is 3.39. The molecule has 0 aromatic heterocycles. The van der Waals surface area contributed by atoms with Gasteiger partial charge in [0.2, 0.25) is 0 Å². The molecule has 0 aliphatic heterocycles. The Kier molecular flexibility index (Phi) is 4.88. The molecule has 0 saturated heterocycles. The van der Waals surface area contributed by atoms with Crippen molar-refractivity contribution in [3.63, 3.8) is 0 Å². The molecule has 1 aromatic carbocycles. The summed E-state index contributed by atoms with van der Waals surface area (Å²) >= 11 is 0. The van der Waals surface area contributed by atoms with Crippen molar-refractivity contribution >= 4 is 5.97 Å². The van der Waals surface area contributed by atoms with Gasteiger partial charge < -0.3 is 9.47 Å². The second kappa shape index (κ2) is 6.48. The van der Waals surface area contributed by atoms with Crippen LogP contribution in [0.25, 0.3) is 0 Å². The summed E-state index contributed by atoms with van der Waals surface area (Å²) in [6, 6.07) is 8.05. The minimum atomic E-state index is -0.742. The number of hydrogen-bond acceptors (Lipinski definition) is 4. The van der Waals surface area contributed by atoms with Gasteiger partial charge in [-0.15, -0.1) is 0 Å². The van der Waals surface area contributed by atoms with Crippen molar-refractivity contribution in [3.8, 4) is 5.75 Å². The van der Waals surface area contributed by atoms with E-state index in [2.05, 4.69) is 5.32 Å². The maximum Gasteiger partial charge on any atom is 0.329 e. The smallest absolute Gasteiger partial charge is 0.329 e. The number of aryl methyl sites for hydroxylation is 1. The molecule has 1 atom stereocenters. The molecule has 21 heavy (non-hydrogen) atoms. The van der Waals surface area contributed by atoms with Gasteiger partial charge in [0, 0.05) is 6.04 Å². The van der Waals surface area contributed by atoms with Crippen molar-refractivity contribution < 1.29 is 14.3 Å². The molecule has 1 aliphatic rings. The summed E-state index contributed by atoms with van der Waals surface area (Å²) in [7, 11) is 1.44. The van der Waals surface area contributed by atoms with Gasteiger partial charge >= 0.3 is 5.97 Å². The minimum absolute atomic E-state index is 0.186. The number of ether oxygens (including phenoxy) is 2. The predicted molar refractivity (Wildman–Crippen MR) is 82.4 cm³/mol. The zero-order chi connectivity index (χ0) is 15.5. The second-order valence-electron chi connectivity index (χ2n) is 6.14. The Morgan fingerprint density at radius 1 is 1.33 bits per heavy atom. The van der Waals surface area contributed by atoms with Gasteiger partial charge in [0.1, 0.15) is 12.4 Å². The fraction of sp³-hybridized carbons (Fsp3) is 0.588. The predicted octanol–water partition coefficient (Wildman–Crippen LogP) is 2.69. The highest BCUT2D eigenvalue weighted by Gasteiger charge is 2.53. The van der Waals surface area contributed by atoms with E-state index in [1.54, 1.807) is 0 Å². The molecule has 0 spiro atoms. The van der Waals surface area contributed by atoms with E-state index in [1.807, 2.05) is 45.0 Å². The molecule has 0 bridgehead atoms. The van der Waals surface area contributed by atoms with E-state index < -0.39 is 5.54 Å². The summed E-state index contributed by atoms with van der Waals surface area (Å²) in [5.74, 6) is 0.837. The average molecular weight is 291 g/mol. The summed E-state index contributed by atoms with van der Waals surface area (Å²) in [6.07, 6.45) is 2.07. The molecule has 1 saturated carbocycles. The Balaban J connectivity index is 2.14. The van der Waals surface area contributed by atoms with E-state index in [0.717, 1.165) is 18.6 Å². The first kappa shape index (κ1) is 15.8. The summed E-state index contributed by atoms with van der Waals surface area (Å²) in [5.41, 5.74) is 0.442. The van der Waals surface area contributed by atoms with Crippen LogP contribution in [0.15, 0.2) is 24.3 Å². The average Bonchev–Trinajstić information content (AvgIpc) is 3.28. The fourth-order valence-corrected chi connectivity index (χ4v) is 2.67. The van der Waals surface area contributed by atoms with Crippen molar-refractivity contribution in [2.45, 2.75) is 45.2 Å². The summed E-state index contributed by atoms with van der Waals surface area (Å²) in [4.78, 5) is 12.4. The largest absolute Gasteiger partial charge is 0.491 e. The highest BCUT2D eigenvalue weighted by molar-refractivity contribution is 5.82. The number of carbonyl (C=O) groups excluding carboxylic acids is 1. The zero-order valence-electron chi connectivity index (χ0n) is 13.3. The Hall–Kier alpha value is -1.55. The lowest BCUT2D eigenvalue weighted by atomic mass is 9.93. The highest BCUT2D eigenvalue weighted by Crippen LogP contribution is 2.41. The fourth-order valence-electron chi connectivity index (χ4n) is 2.67. The van der Waals surface area contributed by atoms with Crippen LogP contribution in [-0.4, -0.2) is 31.3 Å². The van der Waals surface area contributed by atoms with E-state index in [4.69, 9.17) is 9.47 Å². The van der Waals surface area contributed by atoms with Crippen molar-refractivity contribution in [3.05, 3.63) is 29.8 Å². The van der Waals surface area contributed by atoms with Crippen LogP contribution in [0.3, 0.4) is 0 Å². The first-order valence-corrected chi connectivity index (χ1v) is 7.53. The van der Waals surface area contributed by atoms with E-state index in [-0.39, 0.29) is 17.9 Å². The molecule has 1 N–H and O–H groups in total. The van der Waals surface area contributed by atoms with Gasteiger partial charge in [0.15, 0.2) is 5.54 Å². The number of methoxy groups -OCH3 is 1. The third-order valence-electron chi connectivity index (χ3n) is 3.86. The highest BCUT2D eigenvalue weighted by atomic mass is 16.5. The standard InChI is InChI=1S/C17H25NO3/c1-12(2)18-17(14-7-8-14,16(19)20-4)11-21-15-9-5-13(3)6-10-15/h5-6,9-10,12,14,18H,7-8,11H2,1-4H3. The third-order valence-corrected chi connectivity index (χ3v) is 3.86. The number of carbonyl (C=O) groups is 1. The lowest BCUT2D eigenvalue weighted by Crippen LogP contribution is -2.60. The number of hydrogen-bond donors (Lipinski definition) is 1. The van der Waals surface area contributed by atoms with E-state index in [0.29, 0.717) is 6.61 Å². The second-order valence-corrected chi connectivity index (χ2v) is 6.14. The molecule has 1 aromatic rings. The van der Waals surface area contributed by atoms with Crippen LogP contribution in [0.5, 0.6) is 5.75 Å². The molecule has 4 nitrogen and oxygen atoms in total. The monoisotopic (exact) mass is 291 g/mol. The molecule has 116 valence electrons. The van der Waals surface area contributed by atoms with Crippen molar-refractivity contribution in [1.82, 2.24) is 5.32 Å². The van der Waals surface area contributed by atoms with Crippen molar-refractivity contribution in [1.29, 1.82) is 0 Å². The number of esters is 1. The number of rotatable bonds is 7. The molecule has 1 unspecified atom stereocenters. The zero-order valence-corrected chi connectivity index (χ0v) is 13.3. The quantitative estimate of drug-likeness (QED) is 0.785. The van der Waals surface area contributed by atoms with Crippen LogP contribution in [0, 0.1) is 12.8 Å². The van der Waals surface area contributed by atoms with Gasteiger partial charge in [-0.3, -0.25) is 5.32 Å². The van der Waals surface area contributed by atoms with E-state index in [1.165, 1.54) is 12.7 Å². The minimum Gasteiger partial charge on any atom is -0.491 e. The maximum absolute atomic E-state index is 12.4. The van der Waals surface area contributed by atoms with Crippen LogP contribution in [-0.2, 0) is 9.53 Å². The first-order valence-electron chi connectivity index (χ1n) is 7.53. The molecule has 0 radical (unpaired) electrons. The topological polar surface area (TPSA) is 47.6 Å². The van der Waals surface area contributed by atoms with Crippen LogP contribution in [0.4, 0.5) is 0 Å². The first-order chi connectivity index (χ1) is 9.98. The van der Waals surface area contributed by atoms with E-state index >= 15 is 0 Å². The SMILES string of the molecule is COC(=O)C(COc1ccc(C)cc1)(NC(C)C)C1CC1. The molecule has 1 fully saturated rings. The van der Waals surface area contributed by atoms with Crippen LogP contribution in [0.2, 0.25) is 0 Å². The number of nitrogens with one attached hydrogen (secondary N) is 1. The Labute approximate surface area is 126 Å². The summed E-state index contributed by atoms with van der Waals surface area (Å²) in [6.45, 7) is 6.40. The lowest BCUT2D eigenvalue weighted by Gasteiger charge is -2.34. The van der Waals surface area contributed by atoms with Gasteiger partial charge in [-0.1, -0.05) is 17.7 Å². The van der Waals surface area contributed by atoms with Gasteiger partial charge in [0.25, 0.3) is 0 Å². The number of benzene rings is 1.